The van der Waals surface area contributed by atoms with Crippen molar-refractivity contribution in [3.8, 4) is 11.8 Å². The minimum Gasteiger partial charge on any atom is -0.494 e. The minimum atomic E-state index is 0.0134. The molecule has 0 N–H and O–H groups in total. The molecular weight excluding hydrogens is 318 g/mol. The second-order valence-electron chi connectivity index (χ2n) is 8.17. The Labute approximate surface area is 161 Å². The zero-order chi connectivity index (χ0) is 18.7. The molecular formula is C24H37NO. The van der Waals surface area contributed by atoms with Crippen LogP contribution in [0.15, 0.2) is 24.3 Å². The van der Waals surface area contributed by atoms with E-state index in [9.17, 15) is 5.26 Å². The van der Waals surface area contributed by atoms with E-state index in [1.54, 1.807) is 0 Å². The first kappa shape index (κ1) is 20.8. The molecule has 1 saturated carbocycles. The van der Waals surface area contributed by atoms with E-state index in [2.05, 4.69) is 32.0 Å². The summed E-state index contributed by atoms with van der Waals surface area (Å²) >= 11 is 0. The van der Waals surface area contributed by atoms with Gasteiger partial charge in [0.15, 0.2) is 0 Å². The molecule has 2 rings (SSSR count). The molecule has 0 bridgehead atoms. The van der Waals surface area contributed by atoms with Crippen molar-refractivity contribution in [2.24, 2.45) is 5.41 Å². The van der Waals surface area contributed by atoms with Crippen molar-refractivity contribution in [1.82, 2.24) is 0 Å². The van der Waals surface area contributed by atoms with Crippen LogP contribution in [-0.2, 0) is 0 Å². The van der Waals surface area contributed by atoms with Gasteiger partial charge in [0.2, 0.25) is 0 Å². The highest BCUT2D eigenvalue weighted by Crippen LogP contribution is 2.47. The molecule has 1 fully saturated rings. The van der Waals surface area contributed by atoms with Crippen molar-refractivity contribution in [1.29, 1.82) is 5.26 Å². The third-order valence-electron chi connectivity index (χ3n) is 6.07. The van der Waals surface area contributed by atoms with Crippen molar-refractivity contribution in [3.63, 3.8) is 0 Å². The highest BCUT2D eigenvalue weighted by molar-refractivity contribution is 5.32. The molecule has 2 nitrogen and oxygen atoms in total. The summed E-state index contributed by atoms with van der Waals surface area (Å²) in [5, 5.41) is 9.86. The summed E-state index contributed by atoms with van der Waals surface area (Å²) in [7, 11) is 0. The maximum atomic E-state index is 9.86. The molecule has 1 aromatic carbocycles. The molecule has 1 aliphatic rings. The van der Waals surface area contributed by atoms with Crippen molar-refractivity contribution in [2.45, 2.75) is 96.8 Å². The number of ether oxygens (including phenoxy) is 1. The predicted octanol–water partition coefficient (Wildman–Crippen LogP) is 7.39. The van der Waals surface area contributed by atoms with Gasteiger partial charge >= 0.3 is 0 Å². The van der Waals surface area contributed by atoms with Gasteiger partial charge in [0, 0.05) is 0 Å². The molecule has 1 aliphatic carbocycles. The molecule has 0 radical (unpaired) electrons. The molecule has 26 heavy (non-hydrogen) atoms. The monoisotopic (exact) mass is 355 g/mol. The highest BCUT2D eigenvalue weighted by Gasteiger charge is 2.34. The van der Waals surface area contributed by atoms with Crippen LogP contribution in [0.1, 0.15) is 102 Å². The van der Waals surface area contributed by atoms with E-state index < -0.39 is 0 Å². The largest absolute Gasteiger partial charge is 0.494 e. The first-order chi connectivity index (χ1) is 12.7. The molecule has 0 amide bonds. The van der Waals surface area contributed by atoms with Gasteiger partial charge in [-0.05, 0) is 55.2 Å². The summed E-state index contributed by atoms with van der Waals surface area (Å²) in [4.78, 5) is 0. The Kier molecular flexibility index (Phi) is 9.02. The summed E-state index contributed by atoms with van der Waals surface area (Å²) in [6.45, 7) is 5.22. The fraction of sp³-hybridized carbons (Fsp3) is 0.708. The summed E-state index contributed by atoms with van der Waals surface area (Å²) in [6, 6.07) is 10.9. The van der Waals surface area contributed by atoms with E-state index in [-0.39, 0.29) is 5.92 Å². The number of benzene rings is 1. The van der Waals surface area contributed by atoms with Gasteiger partial charge in [-0.15, -0.1) is 0 Å². The SMILES string of the molecule is CCCCCC1(CC(C#N)c2ccc(OCCCC)cc2)CCCCC1. The van der Waals surface area contributed by atoms with Crippen LogP contribution >= 0.6 is 0 Å². The van der Waals surface area contributed by atoms with Crippen molar-refractivity contribution in [2.75, 3.05) is 6.61 Å². The Balaban J connectivity index is 2.02. The van der Waals surface area contributed by atoms with Crippen LogP contribution in [-0.4, -0.2) is 6.61 Å². The smallest absolute Gasteiger partial charge is 0.119 e. The van der Waals surface area contributed by atoms with Gasteiger partial charge in [0.25, 0.3) is 0 Å². The molecule has 1 aromatic rings. The number of nitriles is 1. The van der Waals surface area contributed by atoms with Gasteiger partial charge in [-0.3, -0.25) is 0 Å². The maximum absolute atomic E-state index is 9.86. The minimum absolute atomic E-state index is 0.0134. The fourth-order valence-corrected chi connectivity index (χ4v) is 4.41. The van der Waals surface area contributed by atoms with Gasteiger partial charge in [-0.2, -0.15) is 5.26 Å². The molecule has 0 aromatic heterocycles. The molecule has 2 heteroatoms. The molecule has 1 atom stereocenters. The van der Waals surface area contributed by atoms with Gasteiger partial charge in [-0.25, -0.2) is 0 Å². The van der Waals surface area contributed by atoms with Gasteiger partial charge in [0.05, 0.1) is 18.6 Å². The first-order valence-electron chi connectivity index (χ1n) is 10.9. The number of hydrogen-bond acceptors (Lipinski definition) is 2. The zero-order valence-corrected chi connectivity index (χ0v) is 16.9. The molecule has 0 heterocycles. The van der Waals surface area contributed by atoms with Gasteiger partial charge < -0.3 is 4.74 Å². The van der Waals surface area contributed by atoms with Crippen molar-refractivity contribution < 1.29 is 4.74 Å². The second kappa shape index (κ2) is 11.3. The molecule has 144 valence electrons. The maximum Gasteiger partial charge on any atom is 0.119 e. The van der Waals surface area contributed by atoms with E-state index >= 15 is 0 Å². The highest BCUT2D eigenvalue weighted by atomic mass is 16.5. The van der Waals surface area contributed by atoms with Crippen LogP contribution < -0.4 is 4.74 Å². The number of rotatable bonds is 11. The van der Waals surface area contributed by atoms with Crippen LogP contribution in [0.2, 0.25) is 0 Å². The number of unbranched alkanes of at least 4 members (excludes halogenated alkanes) is 3. The zero-order valence-electron chi connectivity index (χ0n) is 16.9. The average Bonchev–Trinajstić information content (AvgIpc) is 2.68. The summed E-state index contributed by atoms with van der Waals surface area (Å²) in [5.41, 5.74) is 1.56. The van der Waals surface area contributed by atoms with Crippen molar-refractivity contribution in [3.05, 3.63) is 29.8 Å². The lowest BCUT2D eigenvalue weighted by atomic mass is 9.65. The van der Waals surface area contributed by atoms with E-state index in [1.807, 2.05) is 12.1 Å². The Bertz CT molecular complexity index is 536. The lowest BCUT2D eigenvalue weighted by Crippen LogP contribution is -2.26. The standard InChI is InChI=1S/C24H37NO/c1-3-5-8-15-24(16-9-7-10-17-24)19-22(20-25)21-11-13-23(14-12-21)26-18-6-4-2/h11-14,22H,3-10,15-19H2,1-2H3. The normalized spacial score (nSPS) is 17.4. The summed E-state index contributed by atoms with van der Waals surface area (Å²) in [6.07, 6.45) is 15.2. The van der Waals surface area contributed by atoms with Crippen LogP contribution in [0, 0.1) is 16.7 Å². The van der Waals surface area contributed by atoms with Gasteiger partial charge in [-0.1, -0.05) is 70.9 Å². The topological polar surface area (TPSA) is 33.0 Å². The van der Waals surface area contributed by atoms with Crippen LogP contribution in [0.5, 0.6) is 5.75 Å². The summed E-state index contributed by atoms with van der Waals surface area (Å²) in [5.74, 6) is 0.939. The molecule has 0 aliphatic heterocycles. The van der Waals surface area contributed by atoms with Crippen LogP contribution in [0.25, 0.3) is 0 Å². The Morgan fingerprint density at radius 1 is 1.00 bits per heavy atom. The fourth-order valence-electron chi connectivity index (χ4n) is 4.41. The molecule has 0 saturated heterocycles. The molecule has 1 unspecified atom stereocenters. The second-order valence-corrected chi connectivity index (χ2v) is 8.17. The quantitative estimate of drug-likeness (QED) is 0.387. The van der Waals surface area contributed by atoms with E-state index in [4.69, 9.17) is 4.74 Å². The van der Waals surface area contributed by atoms with E-state index in [0.717, 1.165) is 37.2 Å². The van der Waals surface area contributed by atoms with E-state index in [0.29, 0.717) is 5.41 Å². The lowest BCUT2D eigenvalue weighted by Gasteiger charge is -2.39. The average molecular weight is 356 g/mol. The third-order valence-corrected chi connectivity index (χ3v) is 6.07. The Morgan fingerprint density at radius 2 is 1.69 bits per heavy atom. The lowest BCUT2D eigenvalue weighted by molar-refractivity contribution is 0.147. The summed E-state index contributed by atoms with van der Waals surface area (Å²) < 4.78 is 5.77. The van der Waals surface area contributed by atoms with Gasteiger partial charge in [0.1, 0.15) is 5.75 Å². The van der Waals surface area contributed by atoms with Crippen LogP contribution in [0.3, 0.4) is 0 Å². The number of nitrogens with zero attached hydrogens (tertiary/aromatic N) is 1. The van der Waals surface area contributed by atoms with Crippen LogP contribution in [0.4, 0.5) is 0 Å². The Morgan fingerprint density at radius 3 is 2.31 bits per heavy atom. The van der Waals surface area contributed by atoms with E-state index in [1.165, 1.54) is 57.8 Å². The Hall–Kier alpha value is -1.49. The van der Waals surface area contributed by atoms with Crippen molar-refractivity contribution >= 4 is 0 Å². The predicted molar refractivity (Wildman–Crippen MR) is 109 cm³/mol. The third kappa shape index (κ3) is 6.35. The first-order valence-corrected chi connectivity index (χ1v) is 10.9. The molecule has 0 spiro atoms. The number of hydrogen-bond donors (Lipinski definition) is 0.